The van der Waals surface area contributed by atoms with E-state index in [9.17, 15) is 9.90 Å². The van der Waals surface area contributed by atoms with Crippen molar-refractivity contribution in [2.75, 3.05) is 10.6 Å². The first-order valence-corrected chi connectivity index (χ1v) is 10.3. The van der Waals surface area contributed by atoms with E-state index < -0.39 is 6.03 Å². The molecule has 0 aliphatic carbocycles. The molecule has 0 bridgehead atoms. The first-order chi connectivity index (χ1) is 15.2. The van der Waals surface area contributed by atoms with Gasteiger partial charge in [0.2, 0.25) is 0 Å². The number of aromatic hydroxyl groups is 1. The molecule has 2 aromatic carbocycles. The topological polar surface area (TPSA) is 130 Å². The Morgan fingerprint density at radius 3 is 2.50 bits per heavy atom. The number of carbonyl (C=O) groups excluding carboxylic acids is 1. The number of primary amides is 1. The van der Waals surface area contributed by atoms with Crippen LogP contribution in [0.5, 0.6) is 5.75 Å². The molecule has 0 radical (unpaired) electrons. The second kappa shape index (κ2) is 9.86. The number of carbonyl (C=O) groups is 1. The van der Waals surface area contributed by atoms with Crippen molar-refractivity contribution in [1.82, 2.24) is 15.2 Å². The van der Waals surface area contributed by atoms with Gasteiger partial charge >= 0.3 is 6.03 Å². The number of nitrogens with zero attached hydrogens (tertiary/aromatic N) is 3. The number of thiocarbonyl (C=S) groups is 1. The summed E-state index contributed by atoms with van der Waals surface area (Å²) >= 11 is 17.3. The van der Waals surface area contributed by atoms with Gasteiger partial charge in [-0.15, -0.1) is 0 Å². The first-order valence-electron chi connectivity index (χ1n) is 9.15. The van der Waals surface area contributed by atoms with Crippen molar-refractivity contribution in [3.05, 3.63) is 58.2 Å². The minimum atomic E-state index is -0.668. The molecule has 3 rings (SSSR count). The van der Waals surface area contributed by atoms with Crippen molar-refractivity contribution in [1.29, 1.82) is 0 Å². The molecule has 1 heterocycles. The fraction of sp³-hybridized carbons (Fsp3) is 0.100. The molecule has 3 aromatic rings. The smallest absolute Gasteiger partial charge is 0.316 e. The van der Waals surface area contributed by atoms with Crippen LogP contribution in [0.2, 0.25) is 10.0 Å². The van der Waals surface area contributed by atoms with E-state index in [-0.39, 0.29) is 16.6 Å². The normalized spacial score (nSPS) is 11.2. The van der Waals surface area contributed by atoms with Crippen LogP contribution in [0.15, 0.2) is 47.6 Å². The van der Waals surface area contributed by atoms with Gasteiger partial charge in [0.15, 0.2) is 16.6 Å². The fourth-order valence-corrected chi connectivity index (χ4v) is 3.35. The standard InChI is InChI=1S/C20H19Cl2N7O2S/c1-10(26-27-20(32)25-13-5-3-4-12(9-13)24-19(23)31)16-18(30)17(29(2)28-16)11-6-7-14(21)15(22)8-11/h3-9,30H,1-2H3,(H3,23,24,31)(H2,25,27,32)/b26-10+. The van der Waals surface area contributed by atoms with Gasteiger partial charge in [-0.2, -0.15) is 10.2 Å². The molecule has 0 aliphatic heterocycles. The average molecular weight is 492 g/mol. The number of aromatic nitrogens is 2. The van der Waals surface area contributed by atoms with Crippen molar-refractivity contribution < 1.29 is 9.90 Å². The van der Waals surface area contributed by atoms with E-state index in [1.807, 2.05) is 0 Å². The molecular formula is C20H19Cl2N7O2S. The number of nitrogens with one attached hydrogen (secondary N) is 3. The molecule has 1 aromatic heterocycles. The lowest BCUT2D eigenvalue weighted by molar-refractivity contribution is 0.259. The van der Waals surface area contributed by atoms with Crippen LogP contribution in [-0.4, -0.2) is 31.7 Å². The predicted molar refractivity (Wildman–Crippen MR) is 132 cm³/mol. The third-order valence-corrected chi connectivity index (χ3v) is 5.20. The largest absolute Gasteiger partial charge is 0.504 e. The number of hydrogen-bond donors (Lipinski definition) is 5. The molecular weight excluding hydrogens is 473 g/mol. The Morgan fingerprint density at radius 1 is 1.16 bits per heavy atom. The summed E-state index contributed by atoms with van der Waals surface area (Å²) in [6.45, 7) is 1.67. The third-order valence-electron chi connectivity index (χ3n) is 4.27. The highest BCUT2D eigenvalue weighted by atomic mass is 35.5. The van der Waals surface area contributed by atoms with E-state index in [2.05, 4.69) is 26.3 Å². The van der Waals surface area contributed by atoms with Gasteiger partial charge in [0, 0.05) is 24.0 Å². The monoisotopic (exact) mass is 491 g/mol. The van der Waals surface area contributed by atoms with Gasteiger partial charge in [0.05, 0.1) is 15.8 Å². The quantitative estimate of drug-likeness (QED) is 0.205. The zero-order valence-corrected chi connectivity index (χ0v) is 19.3. The average Bonchev–Trinajstić information content (AvgIpc) is 3.02. The van der Waals surface area contributed by atoms with Crippen molar-refractivity contribution >= 4 is 63.6 Å². The Balaban J connectivity index is 1.74. The van der Waals surface area contributed by atoms with Gasteiger partial charge in [-0.25, -0.2) is 4.79 Å². The molecule has 0 aliphatic rings. The number of amides is 2. The highest BCUT2D eigenvalue weighted by Crippen LogP contribution is 2.35. The van der Waals surface area contributed by atoms with Gasteiger partial charge in [0.1, 0.15) is 5.69 Å². The minimum absolute atomic E-state index is 0.0574. The predicted octanol–water partition coefficient (Wildman–Crippen LogP) is 4.30. The van der Waals surface area contributed by atoms with Gasteiger partial charge < -0.3 is 21.5 Å². The Morgan fingerprint density at radius 2 is 1.84 bits per heavy atom. The minimum Gasteiger partial charge on any atom is -0.504 e. The van der Waals surface area contributed by atoms with E-state index in [1.165, 1.54) is 4.68 Å². The summed E-state index contributed by atoms with van der Waals surface area (Å²) in [5.41, 5.74) is 10.7. The fourth-order valence-electron chi connectivity index (χ4n) is 2.89. The number of nitrogens with two attached hydrogens (primary N) is 1. The molecule has 166 valence electrons. The van der Waals surface area contributed by atoms with Gasteiger partial charge in [-0.05, 0) is 49.5 Å². The van der Waals surface area contributed by atoms with E-state index in [0.29, 0.717) is 38.4 Å². The van der Waals surface area contributed by atoms with Crippen LogP contribution >= 0.6 is 35.4 Å². The van der Waals surface area contributed by atoms with E-state index in [0.717, 1.165) is 0 Å². The molecule has 0 spiro atoms. The van der Waals surface area contributed by atoms with Crippen LogP contribution in [0.4, 0.5) is 16.2 Å². The third kappa shape index (κ3) is 5.47. The highest BCUT2D eigenvalue weighted by Gasteiger charge is 2.19. The number of hydrazone groups is 1. The molecule has 0 saturated heterocycles. The van der Waals surface area contributed by atoms with E-state index in [1.54, 1.807) is 56.4 Å². The number of benzene rings is 2. The number of aryl methyl sites for hydroxylation is 1. The number of halogens is 2. The summed E-state index contributed by atoms with van der Waals surface area (Å²) in [7, 11) is 1.70. The maximum absolute atomic E-state index is 11.0. The van der Waals surface area contributed by atoms with Crippen LogP contribution < -0.4 is 21.8 Å². The van der Waals surface area contributed by atoms with Crippen LogP contribution in [0, 0.1) is 0 Å². The summed E-state index contributed by atoms with van der Waals surface area (Å²) in [6, 6.07) is 11.2. The summed E-state index contributed by atoms with van der Waals surface area (Å²) in [4.78, 5) is 11.0. The zero-order chi connectivity index (χ0) is 23.4. The van der Waals surface area contributed by atoms with Crippen LogP contribution in [0.3, 0.4) is 0 Å². The van der Waals surface area contributed by atoms with Crippen LogP contribution in [-0.2, 0) is 7.05 Å². The number of anilines is 2. The van der Waals surface area contributed by atoms with Crippen LogP contribution in [0.25, 0.3) is 11.3 Å². The molecule has 0 saturated carbocycles. The second-order valence-electron chi connectivity index (χ2n) is 6.63. The van der Waals surface area contributed by atoms with Gasteiger partial charge in [-0.3, -0.25) is 10.1 Å². The molecule has 0 atom stereocenters. The Kier molecular flexibility index (Phi) is 7.18. The Labute approximate surface area is 199 Å². The molecule has 2 amide bonds. The van der Waals surface area contributed by atoms with E-state index >= 15 is 0 Å². The van der Waals surface area contributed by atoms with Crippen molar-refractivity contribution in [3.8, 4) is 17.0 Å². The Bertz CT molecular complexity index is 1230. The van der Waals surface area contributed by atoms with E-state index in [4.69, 9.17) is 41.2 Å². The molecule has 0 unspecified atom stereocenters. The number of urea groups is 1. The van der Waals surface area contributed by atoms with Crippen molar-refractivity contribution in [2.24, 2.45) is 17.9 Å². The maximum Gasteiger partial charge on any atom is 0.316 e. The molecule has 0 fully saturated rings. The lowest BCUT2D eigenvalue weighted by Crippen LogP contribution is -2.25. The Hall–Kier alpha value is -3.34. The number of hydrogen-bond acceptors (Lipinski definition) is 5. The first kappa shape index (κ1) is 23.3. The van der Waals surface area contributed by atoms with Crippen molar-refractivity contribution in [2.45, 2.75) is 6.92 Å². The summed E-state index contributed by atoms with van der Waals surface area (Å²) in [6.07, 6.45) is 0. The van der Waals surface area contributed by atoms with Crippen molar-refractivity contribution in [3.63, 3.8) is 0 Å². The SMILES string of the molecule is C/C(=N\NC(=S)Nc1cccc(NC(N)=O)c1)c1nn(C)c(-c2ccc(Cl)c(Cl)c2)c1O. The lowest BCUT2D eigenvalue weighted by atomic mass is 10.1. The summed E-state index contributed by atoms with van der Waals surface area (Å²) in [5, 5.41) is 25.7. The van der Waals surface area contributed by atoms with Crippen LogP contribution in [0.1, 0.15) is 12.6 Å². The summed E-state index contributed by atoms with van der Waals surface area (Å²) < 4.78 is 1.52. The number of rotatable bonds is 5. The molecule has 12 heteroatoms. The second-order valence-corrected chi connectivity index (χ2v) is 7.85. The molecule has 6 N–H and O–H groups in total. The lowest BCUT2D eigenvalue weighted by Gasteiger charge is -2.09. The highest BCUT2D eigenvalue weighted by molar-refractivity contribution is 7.80. The zero-order valence-electron chi connectivity index (χ0n) is 17.0. The maximum atomic E-state index is 11.0. The molecule has 32 heavy (non-hydrogen) atoms. The molecule has 9 nitrogen and oxygen atoms in total. The summed E-state index contributed by atoms with van der Waals surface area (Å²) in [5.74, 6) is -0.0574. The van der Waals surface area contributed by atoms with Gasteiger partial charge in [0.25, 0.3) is 0 Å². The van der Waals surface area contributed by atoms with Gasteiger partial charge in [-0.1, -0.05) is 35.3 Å².